The minimum atomic E-state index is -0.605. The number of ether oxygens (including phenoxy) is 1. The molecule has 2 unspecified atom stereocenters. The highest BCUT2D eigenvalue weighted by molar-refractivity contribution is 5.23. The number of nitrogens with one attached hydrogen (secondary N) is 1. The lowest BCUT2D eigenvalue weighted by molar-refractivity contribution is 0.0995. The van der Waals surface area contributed by atoms with E-state index >= 15 is 0 Å². The van der Waals surface area contributed by atoms with Crippen LogP contribution in [0.5, 0.6) is 0 Å². The Morgan fingerprint density at radius 3 is 2.38 bits per heavy atom. The van der Waals surface area contributed by atoms with Crippen LogP contribution in [0, 0.1) is 11.6 Å². The zero-order chi connectivity index (χ0) is 12.1. The van der Waals surface area contributed by atoms with E-state index < -0.39 is 17.7 Å². The minimum Gasteiger partial charge on any atom is -0.382 e. The van der Waals surface area contributed by atoms with Crippen LogP contribution in [0.15, 0.2) is 18.2 Å². The van der Waals surface area contributed by atoms with Crippen LogP contribution in [0.4, 0.5) is 8.78 Å². The molecule has 0 fully saturated rings. The summed E-state index contributed by atoms with van der Waals surface area (Å²) in [7, 11) is 1.54. The maximum atomic E-state index is 13.5. The van der Waals surface area contributed by atoms with Gasteiger partial charge in [-0.3, -0.25) is 11.3 Å². The Bertz CT molecular complexity index is 327. The molecule has 0 aromatic heterocycles. The van der Waals surface area contributed by atoms with Crippen LogP contribution in [0.1, 0.15) is 24.9 Å². The largest absolute Gasteiger partial charge is 0.382 e. The Labute approximate surface area is 93.6 Å². The van der Waals surface area contributed by atoms with Crippen molar-refractivity contribution in [3.05, 3.63) is 35.4 Å². The monoisotopic (exact) mass is 230 g/mol. The molecule has 0 radical (unpaired) electrons. The molecule has 2 atom stereocenters. The van der Waals surface area contributed by atoms with Crippen LogP contribution >= 0.6 is 0 Å². The Balaban J connectivity index is 2.94. The van der Waals surface area contributed by atoms with E-state index in [1.807, 2.05) is 6.92 Å². The van der Waals surface area contributed by atoms with Crippen LogP contribution in [-0.4, -0.2) is 13.2 Å². The smallest absolute Gasteiger partial charge is 0.130 e. The molecule has 0 amide bonds. The van der Waals surface area contributed by atoms with Crippen LogP contribution in [0.3, 0.4) is 0 Å². The number of methoxy groups -OCH3 is 1. The lowest BCUT2D eigenvalue weighted by Gasteiger charge is -2.20. The van der Waals surface area contributed by atoms with Gasteiger partial charge < -0.3 is 4.74 Å². The van der Waals surface area contributed by atoms with Gasteiger partial charge in [0, 0.05) is 12.7 Å². The summed E-state index contributed by atoms with van der Waals surface area (Å²) in [6.07, 6.45) is 0.255. The third kappa shape index (κ3) is 2.98. The van der Waals surface area contributed by atoms with E-state index in [2.05, 4.69) is 5.43 Å². The van der Waals surface area contributed by atoms with Gasteiger partial charge in [0.05, 0.1) is 12.1 Å². The molecule has 0 saturated heterocycles. The molecule has 0 aliphatic carbocycles. The highest BCUT2D eigenvalue weighted by atomic mass is 19.1. The molecule has 0 spiro atoms. The lowest BCUT2D eigenvalue weighted by atomic mass is 10.0. The maximum Gasteiger partial charge on any atom is 0.130 e. The van der Waals surface area contributed by atoms with E-state index in [4.69, 9.17) is 10.6 Å². The number of rotatable bonds is 5. The third-order valence-corrected chi connectivity index (χ3v) is 2.52. The highest BCUT2D eigenvalue weighted by Gasteiger charge is 2.20. The average molecular weight is 230 g/mol. The number of halogens is 2. The molecule has 1 aromatic carbocycles. The molecule has 90 valence electrons. The fourth-order valence-corrected chi connectivity index (χ4v) is 1.54. The standard InChI is InChI=1S/C11H16F2N2O/c1-7(16-2)6-10(15-14)11-8(12)4-3-5-9(11)13/h3-5,7,10,15H,6,14H2,1-2H3. The summed E-state index contributed by atoms with van der Waals surface area (Å²) in [5.74, 6) is 4.10. The van der Waals surface area contributed by atoms with Gasteiger partial charge in [0.2, 0.25) is 0 Å². The van der Waals surface area contributed by atoms with E-state index in [0.29, 0.717) is 6.42 Å². The number of nitrogens with two attached hydrogens (primary N) is 1. The maximum absolute atomic E-state index is 13.5. The molecule has 0 aliphatic heterocycles. The summed E-state index contributed by atoms with van der Waals surface area (Å²) in [6, 6.07) is 3.14. The molecule has 1 aromatic rings. The van der Waals surface area contributed by atoms with Crippen LogP contribution < -0.4 is 11.3 Å². The summed E-state index contributed by atoms with van der Waals surface area (Å²) < 4.78 is 32.0. The molecule has 0 heterocycles. The first-order valence-electron chi connectivity index (χ1n) is 5.03. The number of benzene rings is 1. The molecule has 5 heteroatoms. The predicted molar refractivity (Wildman–Crippen MR) is 57.5 cm³/mol. The molecule has 0 bridgehead atoms. The van der Waals surface area contributed by atoms with Crippen molar-refractivity contribution in [1.82, 2.24) is 5.43 Å². The Morgan fingerprint density at radius 1 is 1.38 bits per heavy atom. The average Bonchev–Trinajstić information content (AvgIpc) is 2.27. The zero-order valence-corrected chi connectivity index (χ0v) is 9.34. The first-order chi connectivity index (χ1) is 7.60. The molecule has 16 heavy (non-hydrogen) atoms. The van der Waals surface area contributed by atoms with Crippen molar-refractivity contribution in [2.45, 2.75) is 25.5 Å². The number of hydrazine groups is 1. The second kappa shape index (κ2) is 5.89. The van der Waals surface area contributed by atoms with E-state index in [9.17, 15) is 8.78 Å². The number of hydrogen-bond acceptors (Lipinski definition) is 3. The van der Waals surface area contributed by atoms with Gasteiger partial charge in [-0.15, -0.1) is 0 Å². The van der Waals surface area contributed by atoms with Crippen molar-refractivity contribution in [2.75, 3.05) is 7.11 Å². The summed E-state index contributed by atoms with van der Waals surface area (Å²) in [6.45, 7) is 1.81. The topological polar surface area (TPSA) is 47.3 Å². The fourth-order valence-electron chi connectivity index (χ4n) is 1.54. The predicted octanol–water partition coefficient (Wildman–Crippen LogP) is 1.89. The molecule has 3 nitrogen and oxygen atoms in total. The quantitative estimate of drug-likeness (QED) is 0.600. The highest BCUT2D eigenvalue weighted by Crippen LogP contribution is 2.24. The van der Waals surface area contributed by atoms with Crippen molar-refractivity contribution in [3.63, 3.8) is 0 Å². The zero-order valence-electron chi connectivity index (χ0n) is 9.34. The fraction of sp³-hybridized carbons (Fsp3) is 0.455. The summed E-state index contributed by atoms with van der Waals surface area (Å²) in [5, 5.41) is 0. The van der Waals surface area contributed by atoms with Crippen molar-refractivity contribution < 1.29 is 13.5 Å². The van der Waals surface area contributed by atoms with Gasteiger partial charge in [-0.2, -0.15) is 0 Å². The van der Waals surface area contributed by atoms with Crippen LogP contribution in [0.2, 0.25) is 0 Å². The lowest BCUT2D eigenvalue weighted by Crippen LogP contribution is -2.32. The molecular weight excluding hydrogens is 214 g/mol. The molecule has 0 saturated carbocycles. The molecule has 3 N–H and O–H groups in total. The van der Waals surface area contributed by atoms with E-state index in [1.165, 1.54) is 25.3 Å². The van der Waals surface area contributed by atoms with Crippen molar-refractivity contribution in [1.29, 1.82) is 0 Å². The Hall–Kier alpha value is -1.04. The van der Waals surface area contributed by atoms with Crippen LogP contribution in [0.25, 0.3) is 0 Å². The van der Waals surface area contributed by atoms with Crippen LogP contribution in [-0.2, 0) is 4.74 Å². The first kappa shape index (κ1) is 13.0. The molecular formula is C11H16F2N2O. The van der Waals surface area contributed by atoms with E-state index in [-0.39, 0.29) is 11.7 Å². The van der Waals surface area contributed by atoms with E-state index in [0.717, 1.165) is 0 Å². The number of hydrogen-bond donors (Lipinski definition) is 2. The van der Waals surface area contributed by atoms with Crippen molar-refractivity contribution in [3.8, 4) is 0 Å². The second-order valence-corrected chi connectivity index (χ2v) is 3.64. The second-order valence-electron chi connectivity index (χ2n) is 3.64. The Morgan fingerprint density at radius 2 is 1.94 bits per heavy atom. The van der Waals surface area contributed by atoms with Gasteiger partial charge in [-0.25, -0.2) is 8.78 Å². The summed E-state index contributed by atoms with van der Waals surface area (Å²) >= 11 is 0. The van der Waals surface area contributed by atoms with Crippen molar-refractivity contribution in [2.24, 2.45) is 5.84 Å². The Kier molecular flexibility index (Phi) is 4.79. The summed E-state index contributed by atoms with van der Waals surface area (Å²) in [4.78, 5) is 0. The van der Waals surface area contributed by atoms with Gasteiger partial charge in [-0.1, -0.05) is 6.07 Å². The molecule has 1 rings (SSSR count). The third-order valence-electron chi connectivity index (χ3n) is 2.52. The normalized spacial score (nSPS) is 14.8. The van der Waals surface area contributed by atoms with Gasteiger partial charge in [0.25, 0.3) is 0 Å². The van der Waals surface area contributed by atoms with Gasteiger partial charge in [-0.05, 0) is 25.5 Å². The first-order valence-corrected chi connectivity index (χ1v) is 5.03. The molecule has 0 aliphatic rings. The van der Waals surface area contributed by atoms with Gasteiger partial charge in [0.1, 0.15) is 11.6 Å². The van der Waals surface area contributed by atoms with Gasteiger partial charge in [0.15, 0.2) is 0 Å². The van der Waals surface area contributed by atoms with Crippen molar-refractivity contribution >= 4 is 0 Å². The van der Waals surface area contributed by atoms with Gasteiger partial charge >= 0.3 is 0 Å². The minimum absolute atomic E-state index is 0.0473. The summed E-state index contributed by atoms with van der Waals surface area (Å²) in [5.41, 5.74) is 2.36. The van der Waals surface area contributed by atoms with E-state index in [1.54, 1.807) is 0 Å². The SMILES string of the molecule is COC(C)CC(NN)c1c(F)cccc1F.